The van der Waals surface area contributed by atoms with Crippen LogP contribution in [0, 0.1) is 20.8 Å². The highest BCUT2D eigenvalue weighted by atomic mass is 79.9. The zero-order chi connectivity index (χ0) is 14.2. The minimum absolute atomic E-state index is 0.169. The summed E-state index contributed by atoms with van der Waals surface area (Å²) in [6.45, 7) is 8.21. The lowest BCUT2D eigenvalue weighted by atomic mass is 10.0. The molecule has 0 bridgehead atoms. The van der Waals surface area contributed by atoms with Gasteiger partial charge in [0.2, 0.25) is 0 Å². The van der Waals surface area contributed by atoms with Crippen molar-refractivity contribution >= 4 is 15.9 Å². The third-order valence-electron chi connectivity index (χ3n) is 3.26. The standard InChI is InChI=1S/C15H20BrN3/c1-9-5-6-13(7-10(2)17)8-14(9)19-12(4)15(16)11(3)18-19/h5-6,8,10H,7,17H2,1-4H3. The van der Waals surface area contributed by atoms with Crippen LogP contribution in [0.1, 0.15) is 29.4 Å². The molecule has 2 aromatic rings. The number of nitrogens with zero attached hydrogens (tertiary/aromatic N) is 2. The van der Waals surface area contributed by atoms with Crippen LogP contribution in [-0.4, -0.2) is 15.8 Å². The van der Waals surface area contributed by atoms with E-state index in [9.17, 15) is 0 Å². The summed E-state index contributed by atoms with van der Waals surface area (Å²) in [5, 5.41) is 4.60. The molecule has 0 aliphatic rings. The van der Waals surface area contributed by atoms with Gasteiger partial charge in [0, 0.05) is 6.04 Å². The molecule has 4 heteroatoms. The quantitative estimate of drug-likeness (QED) is 0.940. The van der Waals surface area contributed by atoms with Gasteiger partial charge in [-0.25, -0.2) is 4.68 Å². The van der Waals surface area contributed by atoms with E-state index in [2.05, 4.69) is 53.1 Å². The van der Waals surface area contributed by atoms with Gasteiger partial charge < -0.3 is 5.73 Å². The van der Waals surface area contributed by atoms with E-state index in [-0.39, 0.29) is 6.04 Å². The van der Waals surface area contributed by atoms with Crippen molar-refractivity contribution in [3.8, 4) is 5.69 Å². The van der Waals surface area contributed by atoms with Gasteiger partial charge in [-0.3, -0.25) is 0 Å². The van der Waals surface area contributed by atoms with E-state index in [4.69, 9.17) is 5.73 Å². The fraction of sp³-hybridized carbons (Fsp3) is 0.400. The third-order valence-corrected chi connectivity index (χ3v) is 4.41. The van der Waals surface area contributed by atoms with Gasteiger partial charge in [0.05, 0.1) is 21.5 Å². The number of aromatic nitrogens is 2. The Balaban J connectivity index is 2.51. The maximum atomic E-state index is 5.88. The molecule has 0 fully saturated rings. The van der Waals surface area contributed by atoms with Gasteiger partial charge >= 0.3 is 0 Å². The van der Waals surface area contributed by atoms with Gasteiger partial charge in [0.25, 0.3) is 0 Å². The summed E-state index contributed by atoms with van der Waals surface area (Å²) in [7, 11) is 0. The average Bonchev–Trinajstić information content (AvgIpc) is 2.59. The second kappa shape index (κ2) is 5.47. The lowest BCUT2D eigenvalue weighted by Gasteiger charge is -2.12. The highest BCUT2D eigenvalue weighted by Gasteiger charge is 2.12. The zero-order valence-electron chi connectivity index (χ0n) is 11.9. The van der Waals surface area contributed by atoms with Crippen LogP contribution in [0.2, 0.25) is 0 Å². The van der Waals surface area contributed by atoms with E-state index in [0.29, 0.717) is 0 Å². The first-order chi connectivity index (χ1) is 8.90. The predicted molar refractivity (Wildman–Crippen MR) is 82.8 cm³/mol. The highest BCUT2D eigenvalue weighted by Crippen LogP contribution is 2.25. The maximum Gasteiger partial charge on any atom is 0.0743 e. The maximum absolute atomic E-state index is 5.88. The van der Waals surface area contributed by atoms with Crippen LogP contribution in [0.5, 0.6) is 0 Å². The van der Waals surface area contributed by atoms with Crippen molar-refractivity contribution in [2.75, 3.05) is 0 Å². The minimum Gasteiger partial charge on any atom is -0.328 e. The van der Waals surface area contributed by atoms with Gasteiger partial charge in [0.1, 0.15) is 0 Å². The van der Waals surface area contributed by atoms with E-state index in [1.807, 2.05) is 18.5 Å². The molecule has 0 radical (unpaired) electrons. The number of halogens is 1. The second-order valence-electron chi connectivity index (χ2n) is 5.20. The number of hydrogen-bond donors (Lipinski definition) is 1. The van der Waals surface area contributed by atoms with Crippen LogP contribution in [0.25, 0.3) is 5.69 Å². The van der Waals surface area contributed by atoms with E-state index in [1.54, 1.807) is 0 Å². The number of benzene rings is 1. The topological polar surface area (TPSA) is 43.8 Å². The first-order valence-electron chi connectivity index (χ1n) is 6.47. The van der Waals surface area contributed by atoms with E-state index in [0.717, 1.165) is 28.0 Å². The summed E-state index contributed by atoms with van der Waals surface area (Å²) in [6.07, 6.45) is 0.883. The summed E-state index contributed by atoms with van der Waals surface area (Å²) in [5.74, 6) is 0. The Morgan fingerprint density at radius 1 is 1.32 bits per heavy atom. The number of rotatable bonds is 3. The molecule has 0 saturated heterocycles. The second-order valence-corrected chi connectivity index (χ2v) is 5.99. The van der Waals surface area contributed by atoms with Crippen LogP contribution in [0.3, 0.4) is 0 Å². The van der Waals surface area contributed by atoms with Gasteiger partial charge in [-0.1, -0.05) is 12.1 Å². The van der Waals surface area contributed by atoms with Crippen molar-refractivity contribution in [2.24, 2.45) is 5.73 Å². The molecule has 0 spiro atoms. The van der Waals surface area contributed by atoms with Crippen LogP contribution >= 0.6 is 15.9 Å². The summed E-state index contributed by atoms with van der Waals surface area (Å²) in [5.41, 5.74) is 11.6. The Bertz CT molecular complexity index is 600. The van der Waals surface area contributed by atoms with Gasteiger partial charge in [-0.15, -0.1) is 0 Å². The summed E-state index contributed by atoms with van der Waals surface area (Å²) < 4.78 is 3.07. The smallest absolute Gasteiger partial charge is 0.0743 e. The zero-order valence-corrected chi connectivity index (χ0v) is 13.5. The Hall–Kier alpha value is -1.13. The van der Waals surface area contributed by atoms with E-state index >= 15 is 0 Å². The van der Waals surface area contributed by atoms with Crippen molar-refractivity contribution in [3.05, 3.63) is 45.2 Å². The first kappa shape index (κ1) is 14.3. The van der Waals surface area contributed by atoms with Crippen molar-refractivity contribution in [1.82, 2.24) is 9.78 Å². The fourth-order valence-electron chi connectivity index (χ4n) is 2.24. The Kier molecular flexibility index (Phi) is 4.11. The number of nitrogens with two attached hydrogens (primary N) is 1. The summed E-state index contributed by atoms with van der Waals surface area (Å²) in [6, 6.07) is 6.63. The fourth-order valence-corrected chi connectivity index (χ4v) is 2.49. The molecule has 2 N–H and O–H groups in total. The predicted octanol–water partition coefficient (Wildman–Crippen LogP) is 3.45. The minimum atomic E-state index is 0.169. The Morgan fingerprint density at radius 3 is 2.53 bits per heavy atom. The van der Waals surface area contributed by atoms with Crippen molar-refractivity contribution in [1.29, 1.82) is 0 Å². The SMILES string of the molecule is Cc1ccc(CC(C)N)cc1-n1nc(C)c(Br)c1C. The average molecular weight is 322 g/mol. The van der Waals surface area contributed by atoms with E-state index < -0.39 is 0 Å². The summed E-state index contributed by atoms with van der Waals surface area (Å²) >= 11 is 3.58. The van der Waals surface area contributed by atoms with Crippen molar-refractivity contribution in [2.45, 2.75) is 40.2 Å². The van der Waals surface area contributed by atoms with Crippen LogP contribution in [-0.2, 0) is 6.42 Å². The summed E-state index contributed by atoms with van der Waals surface area (Å²) in [4.78, 5) is 0. The Labute approximate surface area is 122 Å². The molecule has 19 heavy (non-hydrogen) atoms. The molecule has 1 unspecified atom stereocenters. The third kappa shape index (κ3) is 2.90. The van der Waals surface area contributed by atoms with Crippen LogP contribution < -0.4 is 5.73 Å². The molecule has 0 amide bonds. The van der Waals surface area contributed by atoms with Gasteiger partial charge in [-0.05, 0) is 67.2 Å². The van der Waals surface area contributed by atoms with Crippen LogP contribution in [0.4, 0.5) is 0 Å². The lowest BCUT2D eigenvalue weighted by molar-refractivity contribution is 0.735. The normalized spacial score (nSPS) is 12.7. The molecule has 0 aliphatic carbocycles. The molecule has 1 heterocycles. The molecule has 0 aliphatic heterocycles. The monoisotopic (exact) mass is 321 g/mol. The first-order valence-corrected chi connectivity index (χ1v) is 7.26. The van der Waals surface area contributed by atoms with E-state index in [1.165, 1.54) is 11.1 Å². The molecule has 1 aromatic carbocycles. The van der Waals surface area contributed by atoms with Crippen LogP contribution in [0.15, 0.2) is 22.7 Å². The number of aryl methyl sites for hydroxylation is 2. The molecular weight excluding hydrogens is 302 g/mol. The molecular formula is C15H20BrN3. The largest absolute Gasteiger partial charge is 0.328 e. The molecule has 1 aromatic heterocycles. The molecule has 102 valence electrons. The molecule has 2 rings (SSSR count). The number of hydrogen-bond acceptors (Lipinski definition) is 2. The van der Waals surface area contributed by atoms with Crippen molar-refractivity contribution in [3.63, 3.8) is 0 Å². The van der Waals surface area contributed by atoms with Gasteiger partial charge in [-0.2, -0.15) is 5.10 Å². The molecule has 1 atom stereocenters. The molecule has 0 saturated carbocycles. The van der Waals surface area contributed by atoms with Gasteiger partial charge in [0.15, 0.2) is 0 Å². The van der Waals surface area contributed by atoms with Crippen molar-refractivity contribution < 1.29 is 0 Å². The molecule has 3 nitrogen and oxygen atoms in total. The highest BCUT2D eigenvalue weighted by molar-refractivity contribution is 9.10. The lowest BCUT2D eigenvalue weighted by Crippen LogP contribution is -2.18. The Morgan fingerprint density at radius 2 is 2.00 bits per heavy atom.